The zero-order valence-corrected chi connectivity index (χ0v) is 17.7. The quantitative estimate of drug-likeness (QED) is 0.476. The number of ether oxygens (including phenoxy) is 1. The van der Waals surface area contributed by atoms with E-state index < -0.39 is 29.2 Å². The Hall–Kier alpha value is -3.61. The molecule has 6 nitrogen and oxygen atoms in total. The van der Waals surface area contributed by atoms with Crippen molar-refractivity contribution in [2.75, 3.05) is 0 Å². The minimum absolute atomic E-state index is 0.0161. The molecular weight excluding hydrogens is 461 g/mol. The number of aromatic carboxylic acids is 1. The molecule has 0 amide bonds. The van der Waals surface area contributed by atoms with E-state index in [9.17, 15) is 23.1 Å². The second kappa shape index (κ2) is 9.10. The van der Waals surface area contributed by atoms with Gasteiger partial charge in [0.2, 0.25) is 5.88 Å². The van der Waals surface area contributed by atoms with E-state index in [1.54, 1.807) is 0 Å². The lowest BCUT2D eigenvalue weighted by atomic mass is 9.77. The molecule has 1 heterocycles. The minimum atomic E-state index is -5.05. The van der Waals surface area contributed by atoms with Gasteiger partial charge in [-0.3, -0.25) is 0 Å². The highest BCUT2D eigenvalue weighted by atomic mass is 35.5. The van der Waals surface area contributed by atoms with Gasteiger partial charge in [0.15, 0.2) is 5.60 Å². The summed E-state index contributed by atoms with van der Waals surface area (Å²) in [7, 11) is 0. The number of carbonyl (C=O) groups is 1. The van der Waals surface area contributed by atoms with Crippen LogP contribution in [0.25, 0.3) is 0 Å². The lowest BCUT2D eigenvalue weighted by Crippen LogP contribution is -2.46. The van der Waals surface area contributed by atoms with Crippen molar-refractivity contribution in [3.63, 3.8) is 0 Å². The first-order valence-corrected chi connectivity index (χ1v) is 9.81. The van der Waals surface area contributed by atoms with Crippen LogP contribution in [0.2, 0.25) is 5.02 Å². The summed E-state index contributed by atoms with van der Waals surface area (Å²) in [6.07, 6.45) is -3.95. The van der Waals surface area contributed by atoms with Crippen LogP contribution in [0, 0.1) is 11.3 Å². The zero-order chi connectivity index (χ0) is 24.4. The molecular formula is C23H16ClF3N2O4. The maximum atomic E-state index is 14.1. The molecule has 1 aromatic heterocycles. The number of nitriles is 1. The van der Waals surface area contributed by atoms with Crippen molar-refractivity contribution in [2.24, 2.45) is 0 Å². The van der Waals surface area contributed by atoms with Crippen molar-refractivity contribution in [1.29, 1.82) is 5.26 Å². The summed E-state index contributed by atoms with van der Waals surface area (Å²) < 4.78 is 47.7. The second-order valence-corrected chi connectivity index (χ2v) is 7.56. The van der Waals surface area contributed by atoms with Gasteiger partial charge in [-0.15, -0.1) is 0 Å². The van der Waals surface area contributed by atoms with Crippen molar-refractivity contribution in [1.82, 2.24) is 4.98 Å². The number of halogens is 4. The first-order chi connectivity index (χ1) is 15.5. The molecule has 2 aromatic carbocycles. The minimum Gasteiger partial charge on any atom is -0.478 e. The van der Waals surface area contributed by atoms with Crippen molar-refractivity contribution in [2.45, 2.75) is 24.6 Å². The lowest BCUT2D eigenvalue weighted by Gasteiger charge is -2.37. The van der Waals surface area contributed by atoms with Crippen LogP contribution in [0.3, 0.4) is 0 Å². The molecule has 3 aromatic rings. The number of benzene rings is 2. The Kier molecular flexibility index (Phi) is 6.63. The maximum absolute atomic E-state index is 14.1. The average molecular weight is 477 g/mol. The molecule has 0 aliphatic carbocycles. The predicted molar refractivity (Wildman–Crippen MR) is 112 cm³/mol. The molecule has 170 valence electrons. The Morgan fingerprint density at radius 2 is 1.82 bits per heavy atom. The molecule has 2 N–H and O–H groups in total. The van der Waals surface area contributed by atoms with Crippen LogP contribution in [0.1, 0.15) is 39.9 Å². The van der Waals surface area contributed by atoms with Gasteiger partial charge in [0.25, 0.3) is 0 Å². The highest BCUT2D eigenvalue weighted by Gasteiger charge is 2.58. The van der Waals surface area contributed by atoms with Crippen LogP contribution in [-0.2, 0) is 5.60 Å². The van der Waals surface area contributed by atoms with Gasteiger partial charge >= 0.3 is 12.1 Å². The van der Waals surface area contributed by atoms with Crippen molar-refractivity contribution in [3.05, 3.63) is 88.1 Å². The third-order valence-corrected chi connectivity index (χ3v) is 5.48. The summed E-state index contributed by atoms with van der Waals surface area (Å²) >= 11 is 6.25. The van der Waals surface area contributed by atoms with E-state index in [0.717, 1.165) is 18.3 Å². The number of pyridine rings is 1. The monoisotopic (exact) mass is 476 g/mol. The van der Waals surface area contributed by atoms with Gasteiger partial charge in [-0.1, -0.05) is 36.7 Å². The van der Waals surface area contributed by atoms with Crippen LogP contribution in [-0.4, -0.2) is 27.3 Å². The number of rotatable bonds is 6. The maximum Gasteiger partial charge on any atom is 0.422 e. The molecule has 0 unspecified atom stereocenters. The Labute approximate surface area is 191 Å². The molecule has 0 bridgehead atoms. The molecule has 0 spiro atoms. The molecule has 2 atom stereocenters. The third-order valence-electron chi connectivity index (χ3n) is 5.16. The van der Waals surface area contributed by atoms with Crippen LogP contribution in [0.4, 0.5) is 13.2 Å². The summed E-state index contributed by atoms with van der Waals surface area (Å²) in [5.74, 6) is -2.46. The third kappa shape index (κ3) is 4.77. The van der Waals surface area contributed by atoms with E-state index in [-0.39, 0.29) is 33.3 Å². The van der Waals surface area contributed by atoms with Gasteiger partial charge < -0.3 is 14.9 Å². The molecule has 0 aliphatic rings. The van der Waals surface area contributed by atoms with Gasteiger partial charge in [-0.2, -0.15) is 18.4 Å². The van der Waals surface area contributed by atoms with Crippen molar-refractivity contribution >= 4 is 17.6 Å². The highest BCUT2D eigenvalue weighted by molar-refractivity contribution is 6.31. The first kappa shape index (κ1) is 24.0. The average Bonchev–Trinajstić information content (AvgIpc) is 2.78. The number of hydrogen-bond donors (Lipinski definition) is 2. The summed E-state index contributed by atoms with van der Waals surface area (Å²) in [6, 6.07) is 12.9. The van der Waals surface area contributed by atoms with Gasteiger partial charge in [0.1, 0.15) is 5.75 Å². The fourth-order valence-electron chi connectivity index (χ4n) is 3.29. The largest absolute Gasteiger partial charge is 0.478 e. The summed E-state index contributed by atoms with van der Waals surface area (Å²) in [5, 5.41) is 28.6. The number of nitrogens with zero attached hydrogens (tertiary/aromatic N) is 2. The van der Waals surface area contributed by atoms with Gasteiger partial charge in [0, 0.05) is 23.2 Å². The molecule has 0 aliphatic heterocycles. The topological polar surface area (TPSA) is 103 Å². The smallest absolute Gasteiger partial charge is 0.422 e. The predicted octanol–water partition coefficient (Wildman–Crippen LogP) is 5.65. The van der Waals surface area contributed by atoms with Crippen LogP contribution in [0.5, 0.6) is 11.6 Å². The van der Waals surface area contributed by atoms with E-state index in [2.05, 4.69) is 4.98 Å². The SMILES string of the molecule is C[C@H](c1ccc(Oc2ccc(C(=O)O)cn2)cc1Cl)[C@@](O)(c1ccc(C#N)cc1)C(F)(F)F. The Balaban J connectivity index is 1.93. The molecule has 33 heavy (non-hydrogen) atoms. The van der Waals surface area contributed by atoms with Crippen molar-refractivity contribution in [3.8, 4) is 17.7 Å². The molecule has 0 radical (unpaired) electrons. The first-order valence-electron chi connectivity index (χ1n) is 9.43. The van der Waals surface area contributed by atoms with Crippen LogP contribution in [0.15, 0.2) is 60.8 Å². The molecule has 0 fully saturated rings. The normalized spacial score (nSPS) is 14.1. The Bertz CT molecular complexity index is 1210. The number of alkyl halides is 3. The number of aromatic nitrogens is 1. The van der Waals surface area contributed by atoms with E-state index in [1.807, 2.05) is 6.07 Å². The summed E-state index contributed by atoms with van der Waals surface area (Å²) in [6.45, 7) is 1.19. The number of carboxylic acid groups (broad SMARTS) is 1. The molecule has 3 rings (SSSR count). The van der Waals surface area contributed by atoms with E-state index in [0.29, 0.717) is 0 Å². The Morgan fingerprint density at radius 1 is 1.15 bits per heavy atom. The van der Waals surface area contributed by atoms with E-state index in [4.69, 9.17) is 26.7 Å². The van der Waals surface area contributed by atoms with E-state index >= 15 is 0 Å². The van der Waals surface area contributed by atoms with Gasteiger partial charge in [-0.05, 0) is 41.5 Å². The lowest BCUT2D eigenvalue weighted by molar-refractivity contribution is -0.274. The van der Waals surface area contributed by atoms with Gasteiger partial charge in [0.05, 0.1) is 17.2 Å². The van der Waals surface area contributed by atoms with Crippen LogP contribution >= 0.6 is 11.6 Å². The van der Waals surface area contributed by atoms with Crippen LogP contribution < -0.4 is 4.74 Å². The number of hydrogen-bond acceptors (Lipinski definition) is 5. The number of aliphatic hydroxyl groups is 1. The highest BCUT2D eigenvalue weighted by Crippen LogP contribution is 2.50. The number of carboxylic acids is 1. The summed E-state index contributed by atoms with van der Waals surface area (Å²) in [4.78, 5) is 14.7. The second-order valence-electron chi connectivity index (χ2n) is 7.15. The van der Waals surface area contributed by atoms with Crippen molar-refractivity contribution < 1.29 is 32.9 Å². The standard InChI is InChI=1S/C23H16ClF3N2O4/c1-13(22(32,23(25,26)27)16-5-2-14(11-28)3-6-16)18-8-7-17(10-19(18)24)33-20-9-4-15(12-29-20)21(30)31/h2-10,12-13,32H,1H3,(H,30,31)/t13-,22-/m1/s1. The fraction of sp³-hybridized carbons (Fsp3) is 0.174. The summed E-state index contributed by atoms with van der Waals surface area (Å²) in [5.41, 5.74) is -3.58. The zero-order valence-electron chi connectivity index (χ0n) is 17.0. The van der Waals surface area contributed by atoms with Gasteiger partial charge in [-0.25, -0.2) is 9.78 Å². The molecule has 10 heteroatoms. The molecule has 0 saturated carbocycles. The van der Waals surface area contributed by atoms with E-state index in [1.165, 1.54) is 49.4 Å². The fourth-order valence-corrected chi connectivity index (χ4v) is 3.63. The molecule has 0 saturated heterocycles. The Morgan fingerprint density at radius 3 is 2.30 bits per heavy atom.